The van der Waals surface area contributed by atoms with Crippen molar-refractivity contribution in [2.75, 3.05) is 20.8 Å². The third-order valence-corrected chi connectivity index (χ3v) is 3.37. The number of ether oxygens (including phenoxy) is 3. The fourth-order valence-corrected chi connectivity index (χ4v) is 2.26. The Morgan fingerprint density at radius 1 is 1.19 bits per heavy atom. The van der Waals surface area contributed by atoms with Crippen LogP contribution in [-0.4, -0.2) is 38.7 Å². The van der Waals surface area contributed by atoms with E-state index in [2.05, 4.69) is 5.32 Å². The van der Waals surface area contributed by atoms with Crippen LogP contribution in [0.15, 0.2) is 12.1 Å². The average molecular weight is 407 g/mol. The van der Waals surface area contributed by atoms with Gasteiger partial charge in [-0.15, -0.1) is 0 Å². The summed E-state index contributed by atoms with van der Waals surface area (Å²) in [4.78, 5) is 23.5. The normalized spacial score (nSPS) is 10.2. The second-order valence-corrected chi connectivity index (χ2v) is 5.57. The third-order valence-electron chi connectivity index (χ3n) is 2.48. The second-order valence-electron chi connectivity index (χ2n) is 4.41. The molecular weight excluding hydrogens is 389 g/mol. The molecule has 0 aliphatic heterocycles. The molecule has 1 aromatic rings. The minimum absolute atomic E-state index is 0.179. The molecule has 0 bridgehead atoms. The Bertz CT molecular complexity index is 530. The number of rotatable bonds is 6. The number of hydrogen-bond donors (Lipinski definition) is 1. The Labute approximate surface area is 137 Å². The fourth-order valence-electron chi connectivity index (χ4n) is 1.58. The summed E-state index contributed by atoms with van der Waals surface area (Å²) in [5.41, 5.74) is 0.408. The molecule has 1 rings (SSSR count). The molecule has 0 atom stereocenters. The maximum atomic E-state index is 12.1. The van der Waals surface area contributed by atoms with Crippen molar-refractivity contribution in [2.24, 2.45) is 0 Å². The predicted octanol–water partition coefficient (Wildman–Crippen LogP) is 1.99. The van der Waals surface area contributed by atoms with Gasteiger partial charge in [-0.25, -0.2) is 0 Å². The van der Waals surface area contributed by atoms with Crippen molar-refractivity contribution in [3.63, 3.8) is 0 Å². The Morgan fingerprint density at radius 3 is 2.29 bits per heavy atom. The fraction of sp³-hybridized carbons (Fsp3) is 0.429. The van der Waals surface area contributed by atoms with Crippen molar-refractivity contribution in [2.45, 2.75) is 20.0 Å². The molecule has 1 amide bonds. The zero-order chi connectivity index (χ0) is 16.0. The summed E-state index contributed by atoms with van der Waals surface area (Å²) < 4.78 is 16.0. The first-order valence-corrected chi connectivity index (χ1v) is 7.36. The van der Waals surface area contributed by atoms with Crippen molar-refractivity contribution in [1.82, 2.24) is 5.32 Å². The largest absolute Gasteiger partial charge is 0.493 e. The van der Waals surface area contributed by atoms with E-state index in [-0.39, 0.29) is 18.6 Å². The number of esters is 1. The predicted molar refractivity (Wildman–Crippen MR) is 85.8 cm³/mol. The molecule has 0 unspecified atom stereocenters. The highest BCUT2D eigenvalue weighted by Gasteiger charge is 2.16. The quantitative estimate of drug-likeness (QED) is 0.577. The summed E-state index contributed by atoms with van der Waals surface area (Å²) >= 11 is 2.02. The van der Waals surface area contributed by atoms with Gasteiger partial charge in [0, 0.05) is 3.57 Å². The molecule has 7 heteroatoms. The standard InChI is InChI=1S/C14H18INO5/c1-8(2)21-13(17)7-16-14(18)9-5-11(19-3)12(20-4)6-10(9)15/h5-6,8H,7H2,1-4H3,(H,16,18). The van der Waals surface area contributed by atoms with Crippen molar-refractivity contribution < 1.29 is 23.8 Å². The van der Waals surface area contributed by atoms with Gasteiger partial charge in [0.05, 0.1) is 25.9 Å². The van der Waals surface area contributed by atoms with E-state index >= 15 is 0 Å². The second kappa shape index (κ2) is 8.06. The molecule has 116 valence electrons. The highest BCUT2D eigenvalue weighted by Crippen LogP contribution is 2.31. The van der Waals surface area contributed by atoms with Gasteiger partial charge in [-0.2, -0.15) is 0 Å². The summed E-state index contributed by atoms with van der Waals surface area (Å²) in [6, 6.07) is 3.27. The zero-order valence-corrected chi connectivity index (χ0v) is 14.5. The zero-order valence-electron chi connectivity index (χ0n) is 12.4. The van der Waals surface area contributed by atoms with E-state index in [0.717, 1.165) is 0 Å². The molecule has 0 saturated heterocycles. The van der Waals surface area contributed by atoms with Crippen molar-refractivity contribution in [3.8, 4) is 11.5 Å². The van der Waals surface area contributed by atoms with Crippen LogP contribution in [0.25, 0.3) is 0 Å². The summed E-state index contributed by atoms with van der Waals surface area (Å²) in [5, 5.41) is 2.52. The van der Waals surface area contributed by atoms with Gasteiger partial charge >= 0.3 is 5.97 Å². The molecule has 6 nitrogen and oxygen atoms in total. The van der Waals surface area contributed by atoms with Gasteiger partial charge < -0.3 is 19.5 Å². The van der Waals surface area contributed by atoms with E-state index in [1.54, 1.807) is 26.0 Å². The van der Waals surface area contributed by atoms with E-state index in [0.29, 0.717) is 20.6 Å². The molecule has 0 spiro atoms. The summed E-state index contributed by atoms with van der Waals surface area (Å²) in [6.07, 6.45) is -0.212. The van der Waals surface area contributed by atoms with Crippen LogP contribution >= 0.6 is 22.6 Å². The Balaban J connectivity index is 2.81. The van der Waals surface area contributed by atoms with Gasteiger partial charge in [-0.05, 0) is 48.6 Å². The lowest BCUT2D eigenvalue weighted by atomic mass is 10.2. The lowest BCUT2D eigenvalue weighted by Crippen LogP contribution is -2.32. The number of amides is 1. The molecule has 0 heterocycles. The van der Waals surface area contributed by atoms with Crippen LogP contribution in [-0.2, 0) is 9.53 Å². The highest BCUT2D eigenvalue weighted by molar-refractivity contribution is 14.1. The van der Waals surface area contributed by atoms with Gasteiger partial charge in [-0.3, -0.25) is 9.59 Å². The van der Waals surface area contributed by atoms with Crippen molar-refractivity contribution >= 4 is 34.5 Å². The number of benzene rings is 1. The molecule has 1 aromatic carbocycles. The van der Waals surface area contributed by atoms with Crippen LogP contribution < -0.4 is 14.8 Å². The van der Waals surface area contributed by atoms with Crippen LogP contribution in [0.5, 0.6) is 11.5 Å². The minimum Gasteiger partial charge on any atom is -0.493 e. The molecule has 0 aliphatic rings. The Morgan fingerprint density at radius 2 is 1.76 bits per heavy atom. The smallest absolute Gasteiger partial charge is 0.325 e. The first kappa shape index (κ1) is 17.5. The number of carbonyl (C=O) groups excluding carboxylic acids is 2. The number of nitrogens with one attached hydrogen (secondary N) is 1. The monoisotopic (exact) mass is 407 g/mol. The third kappa shape index (κ3) is 5.07. The van der Waals surface area contributed by atoms with Gasteiger partial charge in [0.15, 0.2) is 11.5 Å². The van der Waals surface area contributed by atoms with E-state index in [1.807, 2.05) is 22.6 Å². The van der Waals surface area contributed by atoms with Crippen LogP contribution in [0, 0.1) is 3.57 Å². The molecule has 0 aromatic heterocycles. The van der Waals surface area contributed by atoms with Crippen LogP contribution in [0.2, 0.25) is 0 Å². The van der Waals surface area contributed by atoms with Gasteiger partial charge in [0.25, 0.3) is 5.91 Å². The average Bonchev–Trinajstić information content (AvgIpc) is 2.43. The molecule has 21 heavy (non-hydrogen) atoms. The first-order chi connectivity index (χ1) is 9.88. The number of methoxy groups -OCH3 is 2. The van der Waals surface area contributed by atoms with E-state index < -0.39 is 5.97 Å². The van der Waals surface area contributed by atoms with Crippen LogP contribution in [0.1, 0.15) is 24.2 Å². The SMILES string of the molecule is COc1cc(I)c(C(=O)NCC(=O)OC(C)C)cc1OC. The number of carbonyl (C=O) groups is 2. The summed E-state index contributed by atoms with van der Waals surface area (Å²) in [6.45, 7) is 3.31. The van der Waals surface area contributed by atoms with E-state index in [9.17, 15) is 9.59 Å². The van der Waals surface area contributed by atoms with Crippen LogP contribution in [0.3, 0.4) is 0 Å². The molecule has 0 radical (unpaired) electrons. The molecule has 0 fully saturated rings. The van der Waals surface area contributed by atoms with Crippen LogP contribution in [0.4, 0.5) is 0 Å². The maximum absolute atomic E-state index is 12.1. The first-order valence-electron chi connectivity index (χ1n) is 6.28. The van der Waals surface area contributed by atoms with Gasteiger partial charge in [0.1, 0.15) is 6.54 Å². The molecular formula is C14H18INO5. The number of hydrogen-bond acceptors (Lipinski definition) is 5. The lowest BCUT2D eigenvalue weighted by Gasteiger charge is -2.12. The summed E-state index contributed by atoms with van der Waals surface area (Å²) in [7, 11) is 3.02. The molecule has 0 saturated carbocycles. The maximum Gasteiger partial charge on any atom is 0.325 e. The van der Waals surface area contributed by atoms with Crippen molar-refractivity contribution in [1.29, 1.82) is 0 Å². The van der Waals surface area contributed by atoms with Gasteiger partial charge in [-0.1, -0.05) is 0 Å². The minimum atomic E-state index is -0.478. The highest BCUT2D eigenvalue weighted by atomic mass is 127. The molecule has 0 aliphatic carbocycles. The summed E-state index contributed by atoms with van der Waals surface area (Å²) in [5.74, 6) is 0.139. The number of halogens is 1. The van der Waals surface area contributed by atoms with E-state index in [1.165, 1.54) is 14.2 Å². The Hall–Kier alpha value is -1.51. The van der Waals surface area contributed by atoms with Crippen molar-refractivity contribution in [3.05, 3.63) is 21.3 Å². The van der Waals surface area contributed by atoms with Gasteiger partial charge in [0.2, 0.25) is 0 Å². The Kier molecular flexibility index (Phi) is 6.73. The lowest BCUT2D eigenvalue weighted by molar-refractivity contribution is -0.146. The van der Waals surface area contributed by atoms with E-state index in [4.69, 9.17) is 14.2 Å². The topological polar surface area (TPSA) is 73.9 Å². The molecule has 1 N–H and O–H groups in total.